The quantitative estimate of drug-likeness (QED) is 0.239. The molecule has 184 valence electrons. The Kier molecular flexibility index (Phi) is 8.04. The molecule has 1 aliphatic heterocycles. The van der Waals surface area contributed by atoms with Crippen molar-refractivity contribution in [3.05, 3.63) is 95.6 Å². The Hall–Kier alpha value is -2.96. The fraction of sp³-hybridized carbons (Fsp3) is 0.310. The van der Waals surface area contributed by atoms with Gasteiger partial charge in [-0.3, -0.25) is 0 Å². The van der Waals surface area contributed by atoms with Crippen molar-refractivity contribution >= 4 is 0 Å². The zero-order valence-electron chi connectivity index (χ0n) is 19.6. The highest BCUT2D eigenvalue weighted by atomic mass is 19.2. The van der Waals surface area contributed by atoms with Crippen molar-refractivity contribution < 1.29 is 27.0 Å². The van der Waals surface area contributed by atoms with Gasteiger partial charge >= 0.3 is 0 Å². The van der Waals surface area contributed by atoms with E-state index in [1.54, 1.807) is 48.5 Å². The van der Waals surface area contributed by atoms with Gasteiger partial charge in [0.25, 0.3) is 0 Å². The van der Waals surface area contributed by atoms with Crippen molar-refractivity contribution in [1.29, 1.82) is 0 Å². The molecule has 35 heavy (non-hydrogen) atoms. The summed E-state index contributed by atoms with van der Waals surface area (Å²) in [4.78, 5) is 0. The molecule has 3 aromatic rings. The number of allylic oxidation sites excluding steroid dienone is 1. The maximum Gasteiger partial charge on any atom is 0.166 e. The van der Waals surface area contributed by atoms with E-state index in [4.69, 9.17) is 9.47 Å². The van der Waals surface area contributed by atoms with Crippen LogP contribution in [0.5, 0.6) is 0 Å². The van der Waals surface area contributed by atoms with Crippen LogP contribution in [0.3, 0.4) is 0 Å². The lowest BCUT2D eigenvalue weighted by molar-refractivity contribution is -0.189. The predicted molar refractivity (Wildman–Crippen MR) is 129 cm³/mol. The van der Waals surface area contributed by atoms with Crippen LogP contribution in [0.2, 0.25) is 0 Å². The summed E-state index contributed by atoms with van der Waals surface area (Å²) in [5, 5.41) is 0. The molecule has 1 saturated heterocycles. The van der Waals surface area contributed by atoms with E-state index in [9.17, 15) is 13.2 Å². The molecule has 0 spiro atoms. The molecular formula is C29H28F4O2. The number of hydrogen-bond acceptors (Lipinski definition) is 2. The average molecular weight is 485 g/mol. The summed E-state index contributed by atoms with van der Waals surface area (Å²) in [7, 11) is 0. The number of rotatable bonds is 8. The standard InChI is InChI=1S/C29H28F4O2/c1-3-5-7-25-34-16-21(17-35-25)24-15-14-23(28(32)29(24)33)19-10-8-18(9-11-19)22-13-12-20(6-4-2)26(30)27(22)31/h3,8-15,21,25H,1,4-7,16-17H2,2H3. The summed E-state index contributed by atoms with van der Waals surface area (Å²) < 4.78 is 70.2. The normalized spacial score (nSPS) is 18.0. The lowest BCUT2D eigenvalue weighted by Crippen LogP contribution is -2.31. The summed E-state index contributed by atoms with van der Waals surface area (Å²) in [6.45, 7) is 6.05. The van der Waals surface area contributed by atoms with Gasteiger partial charge in [-0.1, -0.05) is 68.0 Å². The fourth-order valence-corrected chi connectivity index (χ4v) is 4.35. The maximum absolute atomic E-state index is 15.0. The lowest BCUT2D eigenvalue weighted by atomic mass is 9.94. The summed E-state index contributed by atoms with van der Waals surface area (Å²) >= 11 is 0. The van der Waals surface area contributed by atoms with Gasteiger partial charge in [0.05, 0.1) is 13.2 Å². The molecule has 0 unspecified atom stereocenters. The Labute approximate surface area is 203 Å². The smallest absolute Gasteiger partial charge is 0.166 e. The molecule has 1 aliphatic rings. The van der Waals surface area contributed by atoms with Crippen molar-refractivity contribution in [1.82, 2.24) is 0 Å². The first-order chi connectivity index (χ1) is 16.9. The van der Waals surface area contributed by atoms with E-state index in [2.05, 4.69) is 6.58 Å². The second kappa shape index (κ2) is 11.2. The van der Waals surface area contributed by atoms with E-state index in [1.807, 2.05) is 6.92 Å². The Bertz CT molecular complexity index is 1180. The van der Waals surface area contributed by atoms with Crippen LogP contribution in [0.25, 0.3) is 22.3 Å². The largest absolute Gasteiger partial charge is 0.352 e. The SMILES string of the molecule is C=CCCC1OCC(c2ccc(-c3ccc(-c4ccc(CCC)c(F)c4F)cc3)c(F)c2F)CO1. The third-order valence-electron chi connectivity index (χ3n) is 6.31. The molecule has 0 bridgehead atoms. The van der Waals surface area contributed by atoms with Crippen LogP contribution in [0.1, 0.15) is 43.2 Å². The number of ether oxygens (including phenoxy) is 2. The molecule has 0 N–H and O–H groups in total. The van der Waals surface area contributed by atoms with Gasteiger partial charge in [0.1, 0.15) is 0 Å². The van der Waals surface area contributed by atoms with Crippen LogP contribution in [0.4, 0.5) is 17.6 Å². The Morgan fingerprint density at radius 2 is 1.37 bits per heavy atom. The Balaban J connectivity index is 1.53. The van der Waals surface area contributed by atoms with Gasteiger partial charge in [0.2, 0.25) is 0 Å². The maximum atomic E-state index is 15.0. The van der Waals surface area contributed by atoms with Gasteiger partial charge in [0.15, 0.2) is 29.6 Å². The van der Waals surface area contributed by atoms with Crippen LogP contribution < -0.4 is 0 Å². The van der Waals surface area contributed by atoms with E-state index < -0.39 is 29.2 Å². The fourth-order valence-electron chi connectivity index (χ4n) is 4.35. The van der Waals surface area contributed by atoms with Crippen LogP contribution in [0.15, 0.2) is 61.2 Å². The second-order valence-corrected chi connectivity index (χ2v) is 8.72. The van der Waals surface area contributed by atoms with Gasteiger partial charge in [-0.15, -0.1) is 6.58 Å². The van der Waals surface area contributed by atoms with Gasteiger partial charge in [-0.2, -0.15) is 0 Å². The van der Waals surface area contributed by atoms with Gasteiger partial charge in [0, 0.05) is 23.5 Å². The highest BCUT2D eigenvalue weighted by Crippen LogP contribution is 2.34. The summed E-state index contributed by atoms with van der Waals surface area (Å²) in [6, 6.07) is 12.5. The third kappa shape index (κ3) is 5.34. The van der Waals surface area contributed by atoms with Crippen molar-refractivity contribution in [2.75, 3.05) is 13.2 Å². The van der Waals surface area contributed by atoms with E-state index in [1.165, 1.54) is 6.07 Å². The van der Waals surface area contributed by atoms with Crippen molar-refractivity contribution in [2.24, 2.45) is 0 Å². The number of aryl methyl sites for hydroxylation is 1. The summed E-state index contributed by atoms with van der Waals surface area (Å²) in [6.07, 6.45) is 3.99. The van der Waals surface area contributed by atoms with Gasteiger partial charge in [-0.25, -0.2) is 17.6 Å². The second-order valence-electron chi connectivity index (χ2n) is 8.72. The molecule has 4 rings (SSSR count). The molecule has 0 aliphatic carbocycles. The number of hydrogen-bond donors (Lipinski definition) is 0. The molecule has 1 heterocycles. The molecule has 0 atom stereocenters. The van der Waals surface area contributed by atoms with E-state index in [-0.39, 0.29) is 36.2 Å². The van der Waals surface area contributed by atoms with Crippen molar-refractivity contribution in [3.63, 3.8) is 0 Å². The average Bonchev–Trinajstić information content (AvgIpc) is 2.88. The molecule has 1 fully saturated rings. The number of halogens is 4. The van der Waals surface area contributed by atoms with Crippen molar-refractivity contribution in [2.45, 2.75) is 44.8 Å². The molecule has 0 saturated carbocycles. The first-order valence-electron chi connectivity index (χ1n) is 11.8. The minimum absolute atomic E-state index is 0.0873. The van der Waals surface area contributed by atoms with Gasteiger partial charge < -0.3 is 9.47 Å². The highest BCUT2D eigenvalue weighted by molar-refractivity contribution is 5.71. The zero-order valence-corrected chi connectivity index (χ0v) is 19.6. The van der Waals surface area contributed by atoms with Crippen LogP contribution in [-0.4, -0.2) is 19.5 Å². The minimum atomic E-state index is -0.967. The lowest BCUT2D eigenvalue weighted by Gasteiger charge is -2.30. The Morgan fingerprint density at radius 3 is 1.94 bits per heavy atom. The van der Waals surface area contributed by atoms with E-state index in [0.717, 1.165) is 6.42 Å². The zero-order chi connectivity index (χ0) is 24.9. The summed E-state index contributed by atoms with van der Waals surface area (Å²) in [5.41, 5.74) is 1.64. The highest BCUT2D eigenvalue weighted by Gasteiger charge is 2.27. The summed E-state index contributed by atoms with van der Waals surface area (Å²) in [5.74, 6) is -4.07. The van der Waals surface area contributed by atoms with Crippen LogP contribution >= 0.6 is 0 Å². The molecule has 0 amide bonds. The molecule has 6 heteroatoms. The number of benzene rings is 3. The molecule has 2 nitrogen and oxygen atoms in total. The first-order valence-corrected chi connectivity index (χ1v) is 11.8. The molecule has 3 aromatic carbocycles. The topological polar surface area (TPSA) is 18.5 Å². The monoisotopic (exact) mass is 484 g/mol. The van der Waals surface area contributed by atoms with Crippen LogP contribution in [-0.2, 0) is 15.9 Å². The molecular weight excluding hydrogens is 456 g/mol. The van der Waals surface area contributed by atoms with E-state index >= 15 is 4.39 Å². The van der Waals surface area contributed by atoms with Crippen LogP contribution in [0, 0.1) is 23.3 Å². The van der Waals surface area contributed by atoms with E-state index in [0.29, 0.717) is 36.0 Å². The molecule has 0 radical (unpaired) electrons. The molecule has 0 aromatic heterocycles. The third-order valence-corrected chi connectivity index (χ3v) is 6.31. The minimum Gasteiger partial charge on any atom is -0.352 e. The van der Waals surface area contributed by atoms with Gasteiger partial charge in [-0.05, 0) is 35.1 Å². The Morgan fingerprint density at radius 1 is 0.800 bits per heavy atom. The first kappa shape index (κ1) is 25.1. The predicted octanol–water partition coefficient (Wildman–Crippen LogP) is 7.95. The van der Waals surface area contributed by atoms with Crippen molar-refractivity contribution in [3.8, 4) is 22.3 Å².